The molecule has 0 saturated heterocycles. The highest BCUT2D eigenvalue weighted by atomic mass is 16.5. The molecule has 0 heterocycles. The van der Waals surface area contributed by atoms with Gasteiger partial charge in [-0.05, 0) is 48.8 Å². The normalized spacial score (nSPS) is 15.9. The molecule has 0 atom stereocenters. The fourth-order valence-corrected chi connectivity index (χ4v) is 3.16. The summed E-state index contributed by atoms with van der Waals surface area (Å²) in [5.41, 5.74) is 3.35. The summed E-state index contributed by atoms with van der Waals surface area (Å²) in [5.74, 6) is 0.408. The molecule has 0 unspecified atom stereocenters. The molecule has 2 heteroatoms. The number of ether oxygens (including phenoxy) is 1. The van der Waals surface area contributed by atoms with Crippen molar-refractivity contribution in [3.05, 3.63) is 34.9 Å². The Morgan fingerprint density at radius 1 is 1.19 bits per heavy atom. The number of hydrogen-bond donors (Lipinski definition) is 0. The van der Waals surface area contributed by atoms with Crippen LogP contribution in [-0.4, -0.2) is 12.6 Å². The lowest BCUT2D eigenvalue weighted by Gasteiger charge is -2.24. The third-order valence-electron chi connectivity index (χ3n) is 4.52. The van der Waals surface area contributed by atoms with Gasteiger partial charge in [0.1, 0.15) is 0 Å². The van der Waals surface area contributed by atoms with Crippen LogP contribution in [0.1, 0.15) is 86.2 Å². The van der Waals surface area contributed by atoms with Crippen molar-refractivity contribution in [1.82, 2.24) is 0 Å². The first-order valence-corrected chi connectivity index (χ1v) is 8.56. The van der Waals surface area contributed by atoms with Gasteiger partial charge in [-0.1, -0.05) is 51.7 Å². The maximum Gasteiger partial charge on any atom is 0.338 e. The molecule has 1 aromatic carbocycles. The van der Waals surface area contributed by atoms with Crippen molar-refractivity contribution < 1.29 is 9.53 Å². The number of rotatable bonds is 6. The van der Waals surface area contributed by atoms with Gasteiger partial charge < -0.3 is 4.74 Å². The summed E-state index contributed by atoms with van der Waals surface area (Å²) in [6.07, 6.45) is 9.34. The topological polar surface area (TPSA) is 26.3 Å². The van der Waals surface area contributed by atoms with E-state index in [2.05, 4.69) is 26.0 Å². The first-order chi connectivity index (χ1) is 10.3. The molecule has 0 aromatic heterocycles. The third kappa shape index (κ3) is 4.33. The van der Waals surface area contributed by atoms with Gasteiger partial charge in [-0.3, -0.25) is 0 Å². The smallest absolute Gasteiger partial charge is 0.338 e. The predicted octanol–water partition coefficient (Wildman–Crippen LogP) is 5.25. The van der Waals surface area contributed by atoms with Gasteiger partial charge in [-0.2, -0.15) is 0 Å². The van der Waals surface area contributed by atoms with Crippen molar-refractivity contribution in [3.8, 4) is 0 Å². The molecular formula is C19H28O2. The standard InChI is InChI=1S/C19H28O2/c1-3-5-13-21-19(20)17-12-11-15(4-2)14-18(17)16-9-7-6-8-10-16/h11-12,14,16H,3-10,13H2,1-2H3. The van der Waals surface area contributed by atoms with E-state index in [9.17, 15) is 4.79 Å². The van der Waals surface area contributed by atoms with Crippen LogP contribution in [0.2, 0.25) is 0 Å². The molecule has 0 N–H and O–H groups in total. The first-order valence-electron chi connectivity index (χ1n) is 8.56. The third-order valence-corrected chi connectivity index (χ3v) is 4.52. The highest BCUT2D eigenvalue weighted by Crippen LogP contribution is 2.35. The maximum atomic E-state index is 12.4. The molecule has 1 fully saturated rings. The minimum absolute atomic E-state index is 0.133. The molecule has 2 nitrogen and oxygen atoms in total. The Labute approximate surface area is 128 Å². The van der Waals surface area contributed by atoms with Crippen LogP contribution in [0, 0.1) is 0 Å². The monoisotopic (exact) mass is 288 g/mol. The number of hydrogen-bond acceptors (Lipinski definition) is 2. The summed E-state index contributed by atoms with van der Waals surface area (Å²) in [5, 5.41) is 0. The van der Waals surface area contributed by atoms with E-state index >= 15 is 0 Å². The van der Waals surface area contributed by atoms with Crippen molar-refractivity contribution >= 4 is 5.97 Å². The second-order valence-corrected chi connectivity index (χ2v) is 6.10. The molecule has 1 aliphatic carbocycles. The van der Waals surface area contributed by atoms with Crippen molar-refractivity contribution in [2.45, 2.75) is 71.1 Å². The van der Waals surface area contributed by atoms with Gasteiger partial charge in [-0.15, -0.1) is 0 Å². The molecule has 0 radical (unpaired) electrons. The largest absolute Gasteiger partial charge is 0.462 e. The number of esters is 1. The van der Waals surface area contributed by atoms with Crippen LogP contribution >= 0.6 is 0 Å². The molecule has 0 amide bonds. The fraction of sp³-hybridized carbons (Fsp3) is 0.632. The lowest BCUT2D eigenvalue weighted by molar-refractivity contribution is 0.0497. The molecule has 1 saturated carbocycles. The van der Waals surface area contributed by atoms with E-state index in [0.29, 0.717) is 12.5 Å². The van der Waals surface area contributed by atoms with Crippen LogP contribution in [0.4, 0.5) is 0 Å². The molecule has 1 aliphatic rings. The highest BCUT2D eigenvalue weighted by molar-refractivity contribution is 5.91. The maximum absolute atomic E-state index is 12.4. The summed E-state index contributed by atoms with van der Waals surface area (Å²) in [6, 6.07) is 6.30. The predicted molar refractivity (Wildman–Crippen MR) is 86.8 cm³/mol. The van der Waals surface area contributed by atoms with Crippen molar-refractivity contribution in [2.24, 2.45) is 0 Å². The Kier molecular flexibility index (Phi) is 6.28. The number of unbranched alkanes of at least 4 members (excludes halogenated alkanes) is 1. The molecule has 0 spiro atoms. The van der Waals surface area contributed by atoms with Crippen LogP contribution in [0.3, 0.4) is 0 Å². The van der Waals surface area contributed by atoms with E-state index in [1.165, 1.54) is 43.2 Å². The van der Waals surface area contributed by atoms with Gasteiger partial charge in [0.15, 0.2) is 0 Å². The molecule has 21 heavy (non-hydrogen) atoms. The highest BCUT2D eigenvalue weighted by Gasteiger charge is 2.22. The molecule has 0 aliphatic heterocycles. The quantitative estimate of drug-likeness (QED) is 0.527. The summed E-state index contributed by atoms with van der Waals surface area (Å²) < 4.78 is 5.43. The first kappa shape index (κ1) is 16.1. The number of carbonyl (C=O) groups excluding carboxylic acids is 1. The van der Waals surface area contributed by atoms with Gasteiger partial charge in [0.05, 0.1) is 12.2 Å². The Morgan fingerprint density at radius 3 is 2.62 bits per heavy atom. The average molecular weight is 288 g/mol. The summed E-state index contributed by atoms with van der Waals surface area (Å²) in [6.45, 7) is 4.81. The lowest BCUT2D eigenvalue weighted by atomic mass is 9.81. The van der Waals surface area contributed by atoms with Crippen LogP contribution in [0.5, 0.6) is 0 Å². The van der Waals surface area contributed by atoms with Crippen molar-refractivity contribution in [1.29, 1.82) is 0 Å². The summed E-state index contributed by atoms with van der Waals surface area (Å²) in [4.78, 5) is 12.4. The number of aryl methyl sites for hydroxylation is 1. The number of benzene rings is 1. The molecule has 0 bridgehead atoms. The second kappa shape index (κ2) is 8.21. The Morgan fingerprint density at radius 2 is 1.95 bits per heavy atom. The average Bonchev–Trinajstić information content (AvgIpc) is 2.55. The van der Waals surface area contributed by atoms with E-state index in [1.807, 2.05) is 6.07 Å². The van der Waals surface area contributed by atoms with Gasteiger partial charge in [0.25, 0.3) is 0 Å². The molecule has 1 aromatic rings. The van der Waals surface area contributed by atoms with Gasteiger partial charge in [0.2, 0.25) is 0 Å². The number of carbonyl (C=O) groups is 1. The van der Waals surface area contributed by atoms with Gasteiger partial charge in [-0.25, -0.2) is 4.79 Å². The lowest BCUT2D eigenvalue weighted by Crippen LogP contribution is -2.14. The van der Waals surface area contributed by atoms with Crippen LogP contribution in [0.25, 0.3) is 0 Å². The zero-order valence-corrected chi connectivity index (χ0v) is 13.5. The summed E-state index contributed by atoms with van der Waals surface area (Å²) >= 11 is 0. The second-order valence-electron chi connectivity index (χ2n) is 6.10. The van der Waals surface area contributed by atoms with E-state index in [1.54, 1.807) is 0 Å². The zero-order valence-electron chi connectivity index (χ0n) is 13.5. The van der Waals surface area contributed by atoms with E-state index < -0.39 is 0 Å². The zero-order chi connectivity index (χ0) is 15.1. The van der Waals surface area contributed by atoms with Crippen LogP contribution < -0.4 is 0 Å². The Balaban J connectivity index is 2.19. The van der Waals surface area contributed by atoms with Crippen LogP contribution in [0.15, 0.2) is 18.2 Å². The minimum Gasteiger partial charge on any atom is -0.462 e. The molecule has 116 valence electrons. The Hall–Kier alpha value is -1.31. The molecular weight excluding hydrogens is 260 g/mol. The van der Waals surface area contributed by atoms with Crippen LogP contribution in [-0.2, 0) is 11.2 Å². The minimum atomic E-state index is -0.133. The SMILES string of the molecule is CCCCOC(=O)c1ccc(CC)cc1C1CCCCC1. The molecule has 2 rings (SSSR count). The fourth-order valence-electron chi connectivity index (χ4n) is 3.16. The van der Waals surface area contributed by atoms with Crippen molar-refractivity contribution in [2.75, 3.05) is 6.61 Å². The van der Waals surface area contributed by atoms with E-state index in [4.69, 9.17) is 4.74 Å². The summed E-state index contributed by atoms with van der Waals surface area (Å²) in [7, 11) is 0. The van der Waals surface area contributed by atoms with Crippen molar-refractivity contribution in [3.63, 3.8) is 0 Å². The Bertz CT molecular complexity index is 459. The van der Waals surface area contributed by atoms with E-state index in [0.717, 1.165) is 24.8 Å². The van der Waals surface area contributed by atoms with E-state index in [-0.39, 0.29) is 5.97 Å². The van der Waals surface area contributed by atoms with Gasteiger partial charge in [0, 0.05) is 0 Å². The van der Waals surface area contributed by atoms with Gasteiger partial charge >= 0.3 is 5.97 Å².